The lowest BCUT2D eigenvalue weighted by atomic mass is 9.68. The van der Waals surface area contributed by atoms with Crippen molar-refractivity contribution in [2.45, 2.75) is 32.1 Å². The number of hydrogen-bond donors (Lipinski definition) is 0. The minimum atomic E-state index is -2.71. The smallest absolute Gasteiger partial charge is 0.150 e. The van der Waals surface area contributed by atoms with Gasteiger partial charge in [0.05, 0.1) is 11.5 Å². The Morgan fingerprint density at radius 2 is 2.07 bits per heavy atom. The molecule has 0 aromatic rings. The van der Waals surface area contributed by atoms with Gasteiger partial charge in [-0.05, 0) is 43.4 Å². The van der Waals surface area contributed by atoms with E-state index in [0.717, 1.165) is 6.42 Å². The third-order valence-corrected chi connectivity index (χ3v) is 6.26. The number of hydrogen-bond acceptors (Lipinski definition) is 2. The maximum Gasteiger partial charge on any atom is 0.150 e. The molecule has 0 radical (unpaired) electrons. The van der Waals surface area contributed by atoms with Gasteiger partial charge in [-0.15, -0.1) is 0 Å². The van der Waals surface area contributed by atoms with Crippen molar-refractivity contribution in [2.75, 3.05) is 11.5 Å². The molecule has 2 nitrogen and oxygen atoms in total. The van der Waals surface area contributed by atoms with E-state index in [1.54, 1.807) is 5.57 Å². The molecule has 3 heteroatoms. The van der Waals surface area contributed by atoms with E-state index in [1.807, 2.05) is 0 Å². The molecule has 84 valence electrons. The van der Waals surface area contributed by atoms with E-state index < -0.39 is 9.84 Å². The molecule has 3 aliphatic rings. The monoisotopic (exact) mass is 226 g/mol. The summed E-state index contributed by atoms with van der Waals surface area (Å²) in [6.45, 7) is 0. The van der Waals surface area contributed by atoms with E-state index in [0.29, 0.717) is 29.3 Å². The van der Waals surface area contributed by atoms with Crippen LogP contribution < -0.4 is 0 Å². The van der Waals surface area contributed by atoms with Crippen LogP contribution in [0.4, 0.5) is 0 Å². The van der Waals surface area contributed by atoms with Crippen LogP contribution in [-0.2, 0) is 9.84 Å². The van der Waals surface area contributed by atoms with E-state index in [4.69, 9.17) is 0 Å². The van der Waals surface area contributed by atoms with Crippen molar-refractivity contribution in [3.63, 3.8) is 0 Å². The molecule has 0 spiro atoms. The van der Waals surface area contributed by atoms with Crippen LogP contribution in [0.15, 0.2) is 11.6 Å². The summed E-state index contributed by atoms with van der Waals surface area (Å²) in [5, 5.41) is 0. The van der Waals surface area contributed by atoms with Gasteiger partial charge in [0.25, 0.3) is 0 Å². The van der Waals surface area contributed by atoms with Crippen LogP contribution in [0, 0.1) is 17.8 Å². The third kappa shape index (κ3) is 1.65. The Kier molecular flexibility index (Phi) is 2.20. The highest BCUT2D eigenvalue weighted by molar-refractivity contribution is 7.91. The summed E-state index contributed by atoms with van der Waals surface area (Å²) < 4.78 is 23.3. The zero-order valence-corrected chi connectivity index (χ0v) is 9.80. The number of fused-ring (bicyclic) bond motifs is 3. The molecular weight excluding hydrogens is 208 g/mol. The lowest BCUT2D eigenvalue weighted by Crippen LogP contribution is -2.29. The molecule has 15 heavy (non-hydrogen) atoms. The quantitative estimate of drug-likeness (QED) is 0.593. The highest BCUT2D eigenvalue weighted by atomic mass is 32.2. The molecule has 0 unspecified atom stereocenters. The fourth-order valence-electron chi connectivity index (χ4n) is 3.74. The Labute approximate surface area is 91.7 Å². The molecule has 0 bridgehead atoms. The van der Waals surface area contributed by atoms with E-state index in [2.05, 4.69) is 6.08 Å². The molecular formula is C12H18O2S. The first-order valence-electron chi connectivity index (χ1n) is 6.05. The highest BCUT2D eigenvalue weighted by Crippen LogP contribution is 2.46. The van der Waals surface area contributed by atoms with E-state index in [-0.39, 0.29) is 0 Å². The van der Waals surface area contributed by atoms with Crippen molar-refractivity contribution in [3.8, 4) is 0 Å². The maximum atomic E-state index is 11.6. The summed E-state index contributed by atoms with van der Waals surface area (Å²) >= 11 is 0. The van der Waals surface area contributed by atoms with Crippen molar-refractivity contribution >= 4 is 9.84 Å². The predicted molar refractivity (Wildman–Crippen MR) is 60.3 cm³/mol. The van der Waals surface area contributed by atoms with Crippen LogP contribution in [0.5, 0.6) is 0 Å². The van der Waals surface area contributed by atoms with Gasteiger partial charge in [-0.25, -0.2) is 8.42 Å². The van der Waals surface area contributed by atoms with Gasteiger partial charge in [0, 0.05) is 0 Å². The van der Waals surface area contributed by atoms with E-state index >= 15 is 0 Å². The fourth-order valence-corrected chi connectivity index (χ4v) is 6.01. The second-order valence-corrected chi connectivity index (χ2v) is 7.52. The average Bonchev–Trinajstić information content (AvgIpc) is 2.52. The van der Waals surface area contributed by atoms with Crippen molar-refractivity contribution in [3.05, 3.63) is 11.6 Å². The Morgan fingerprint density at radius 3 is 2.93 bits per heavy atom. The Morgan fingerprint density at radius 1 is 1.20 bits per heavy atom. The van der Waals surface area contributed by atoms with Gasteiger partial charge in [-0.1, -0.05) is 18.1 Å². The van der Waals surface area contributed by atoms with Gasteiger partial charge in [0.15, 0.2) is 9.84 Å². The highest BCUT2D eigenvalue weighted by Gasteiger charge is 2.44. The summed E-state index contributed by atoms with van der Waals surface area (Å²) in [6, 6.07) is 0. The van der Waals surface area contributed by atoms with Crippen molar-refractivity contribution < 1.29 is 8.42 Å². The summed E-state index contributed by atoms with van der Waals surface area (Å²) in [5.41, 5.74) is 1.58. The van der Waals surface area contributed by atoms with Crippen LogP contribution in [-0.4, -0.2) is 19.9 Å². The van der Waals surface area contributed by atoms with Crippen LogP contribution in [0.2, 0.25) is 0 Å². The van der Waals surface area contributed by atoms with Gasteiger partial charge in [-0.3, -0.25) is 0 Å². The molecule has 0 aromatic heterocycles. The second kappa shape index (κ2) is 3.34. The van der Waals surface area contributed by atoms with Gasteiger partial charge in [0.1, 0.15) is 0 Å². The first-order chi connectivity index (χ1) is 7.16. The fraction of sp³-hybridized carbons (Fsp3) is 0.833. The summed E-state index contributed by atoms with van der Waals surface area (Å²) in [7, 11) is -2.71. The van der Waals surface area contributed by atoms with Crippen molar-refractivity contribution in [1.29, 1.82) is 0 Å². The third-order valence-electron chi connectivity index (χ3n) is 4.43. The largest absolute Gasteiger partial charge is 0.229 e. The van der Waals surface area contributed by atoms with Gasteiger partial charge < -0.3 is 0 Å². The van der Waals surface area contributed by atoms with Crippen LogP contribution >= 0.6 is 0 Å². The molecule has 1 saturated carbocycles. The lowest BCUT2D eigenvalue weighted by molar-refractivity contribution is 0.255. The molecule has 0 aromatic carbocycles. The number of allylic oxidation sites excluding steroid dienone is 2. The molecule has 1 aliphatic heterocycles. The molecule has 2 aliphatic carbocycles. The van der Waals surface area contributed by atoms with Gasteiger partial charge in [0.2, 0.25) is 0 Å². The first kappa shape index (κ1) is 9.88. The Hall–Kier alpha value is -0.310. The summed E-state index contributed by atoms with van der Waals surface area (Å²) in [6.07, 6.45) is 8.45. The van der Waals surface area contributed by atoms with E-state index in [9.17, 15) is 8.42 Å². The topological polar surface area (TPSA) is 34.1 Å². The predicted octanol–water partition coefficient (Wildman–Crippen LogP) is 2.17. The van der Waals surface area contributed by atoms with Crippen LogP contribution in [0.3, 0.4) is 0 Å². The molecule has 1 saturated heterocycles. The Bertz CT molecular complexity index is 394. The molecule has 3 atom stereocenters. The summed E-state index contributed by atoms with van der Waals surface area (Å²) in [4.78, 5) is 0. The maximum absolute atomic E-state index is 11.6. The first-order valence-corrected chi connectivity index (χ1v) is 7.87. The molecule has 0 amide bonds. The molecule has 2 fully saturated rings. The van der Waals surface area contributed by atoms with Crippen LogP contribution in [0.1, 0.15) is 32.1 Å². The molecule has 1 heterocycles. The summed E-state index contributed by atoms with van der Waals surface area (Å²) in [5.74, 6) is 2.46. The molecule has 0 N–H and O–H groups in total. The molecule has 3 rings (SSSR count). The average molecular weight is 226 g/mol. The van der Waals surface area contributed by atoms with Gasteiger partial charge >= 0.3 is 0 Å². The second-order valence-electron chi connectivity index (χ2n) is 5.37. The minimum absolute atomic E-state index is 0.446. The van der Waals surface area contributed by atoms with Gasteiger partial charge in [-0.2, -0.15) is 0 Å². The Balaban J connectivity index is 1.90. The van der Waals surface area contributed by atoms with Crippen molar-refractivity contribution in [2.24, 2.45) is 17.8 Å². The minimum Gasteiger partial charge on any atom is -0.229 e. The number of rotatable bonds is 0. The zero-order chi connectivity index (χ0) is 10.5. The normalized spacial score (nSPS) is 42.9. The zero-order valence-electron chi connectivity index (χ0n) is 8.98. The SMILES string of the molecule is O=S1(=O)C[C@@H]2CC=C3CCCC[C@@H]3[C@H]2C1. The van der Waals surface area contributed by atoms with Crippen LogP contribution in [0.25, 0.3) is 0 Å². The number of sulfone groups is 1. The lowest BCUT2D eigenvalue weighted by Gasteiger charge is -2.36. The van der Waals surface area contributed by atoms with Crippen molar-refractivity contribution in [1.82, 2.24) is 0 Å². The standard InChI is InChI=1S/C12H18O2S/c13-15(14)7-10-6-5-9-3-1-2-4-11(9)12(10)8-15/h5,10-12H,1-4,6-8H2/t10-,11-,12-/m0/s1. The van der Waals surface area contributed by atoms with E-state index in [1.165, 1.54) is 25.7 Å².